The number of hydrogen-bond donors (Lipinski definition) is 3. The number of nitrogens with two attached hydrogens (primary N) is 1. The van der Waals surface area contributed by atoms with Crippen molar-refractivity contribution < 1.29 is 24.3 Å². The number of aromatic nitrogens is 1. The Morgan fingerprint density at radius 3 is 2.92 bits per heavy atom. The summed E-state index contributed by atoms with van der Waals surface area (Å²) < 4.78 is 0. The lowest BCUT2D eigenvalue weighted by Gasteiger charge is -2.44. The molecule has 1 aromatic rings. The van der Waals surface area contributed by atoms with E-state index in [0.29, 0.717) is 0 Å². The molecule has 138 valence electrons. The number of hydrogen-bond acceptors (Lipinski definition) is 9. The SMILES string of the molecule is CCON=C(C(=O)NC1C=C(C(=O)O)N2C(=O)C[C@H]2S1)c1csc(N)n1. The van der Waals surface area contributed by atoms with Gasteiger partial charge in [0.15, 0.2) is 10.8 Å². The molecule has 0 spiro atoms. The molecule has 10 nitrogen and oxygen atoms in total. The molecule has 12 heteroatoms. The summed E-state index contributed by atoms with van der Waals surface area (Å²) in [7, 11) is 0. The minimum Gasteiger partial charge on any atom is -0.477 e. The van der Waals surface area contributed by atoms with Crippen LogP contribution >= 0.6 is 23.1 Å². The number of amides is 2. The highest BCUT2D eigenvalue weighted by Gasteiger charge is 2.45. The third kappa shape index (κ3) is 3.51. The lowest BCUT2D eigenvalue weighted by atomic mass is 10.1. The van der Waals surface area contributed by atoms with Gasteiger partial charge in [0, 0.05) is 5.38 Å². The quantitative estimate of drug-likeness (QED) is 0.350. The number of carbonyl (C=O) groups is 3. The van der Waals surface area contributed by atoms with E-state index >= 15 is 0 Å². The first-order chi connectivity index (χ1) is 12.4. The number of carbonyl (C=O) groups excluding carboxylic acids is 2. The molecule has 2 atom stereocenters. The van der Waals surface area contributed by atoms with Crippen LogP contribution in [0.2, 0.25) is 0 Å². The fraction of sp³-hybridized carbons (Fsp3) is 0.357. The first-order valence-corrected chi connectivity index (χ1v) is 9.37. The van der Waals surface area contributed by atoms with Crippen molar-refractivity contribution in [3.63, 3.8) is 0 Å². The van der Waals surface area contributed by atoms with E-state index in [-0.39, 0.29) is 46.5 Å². The molecule has 2 amide bonds. The number of oxime groups is 1. The summed E-state index contributed by atoms with van der Waals surface area (Å²) in [6.07, 6.45) is 1.55. The number of fused-ring (bicyclic) bond motifs is 1. The van der Waals surface area contributed by atoms with Crippen molar-refractivity contribution in [2.45, 2.75) is 24.1 Å². The van der Waals surface area contributed by atoms with Crippen LogP contribution in [0.4, 0.5) is 5.13 Å². The summed E-state index contributed by atoms with van der Waals surface area (Å²) >= 11 is 2.43. The van der Waals surface area contributed by atoms with E-state index < -0.39 is 17.3 Å². The Hall–Kier alpha value is -2.60. The van der Waals surface area contributed by atoms with Crippen molar-refractivity contribution in [1.82, 2.24) is 15.2 Å². The van der Waals surface area contributed by atoms with E-state index in [0.717, 1.165) is 11.3 Å². The lowest BCUT2D eigenvalue weighted by Crippen LogP contribution is -2.56. The highest BCUT2D eigenvalue weighted by molar-refractivity contribution is 8.00. The maximum Gasteiger partial charge on any atom is 0.352 e. The fourth-order valence-corrected chi connectivity index (χ4v) is 4.26. The molecular formula is C14H15N5O5S2. The van der Waals surface area contributed by atoms with Crippen molar-refractivity contribution >= 4 is 51.7 Å². The number of β-lactam (4-membered cyclic amide) rings is 1. The molecule has 2 aliphatic rings. The highest BCUT2D eigenvalue weighted by Crippen LogP contribution is 2.39. The van der Waals surface area contributed by atoms with Gasteiger partial charge in [0.25, 0.3) is 5.91 Å². The van der Waals surface area contributed by atoms with Crippen molar-refractivity contribution in [2.24, 2.45) is 5.16 Å². The van der Waals surface area contributed by atoms with E-state index in [1.54, 1.807) is 12.3 Å². The number of thioether (sulfide) groups is 1. The number of rotatable bonds is 6. The molecule has 3 rings (SSSR count). The van der Waals surface area contributed by atoms with Gasteiger partial charge in [-0.25, -0.2) is 9.78 Å². The van der Waals surface area contributed by atoms with Gasteiger partial charge in [-0.2, -0.15) is 0 Å². The molecule has 0 bridgehead atoms. The number of nitrogens with zero attached hydrogens (tertiary/aromatic N) is 3. The lowest BCUT2D eigenvalue weighted by molar-refractivity contribution is -0.146. The Morgan fingerprint density at radius 2 is 2.35 bits per heavy atom. The largest absolute Gasteiger partial charge is 0.477 e. The van der Waals surface area contributed by atoms with Crippen LogP contribution in [-0.2, 0) is 19.2 Å². The second kappa shape index (κ2) is 7.33. The first-order valence-electron chi connectivity index (χ1n) is 7.55. The molecule has 1 fully saturated rings. The number of thiazole rings is 1. The zero-order chi connectivity index (χ0) is 18.8. The summed E-state index contributed by atoms with van der Waals surface area (Å²) in [6.45, 7) is 1.98. The van der Waals surface area contributed by atoms with Gasteiger partial charge in [0.05, 0.1) is 17.2 Å². The third-order valence-electron chi connectivity index (χ3n) is 3.54. The van der Waals surface area contributed by atoms with Crippen LogP contribution in [0.25, 0.3) is 0 Å². The molecule has 0 aromatic carbocycles. The molecule has 0 radical (unpaired) electrons. The second-order valence-corrected chi connectivity index (χ2v) is 7.45. The normalized spacial score (nSPS) is 22.2. The summed E-state index contributed by atoms with van der Waals surface area (Å²) in [5.74, 6) is -2.06. The minimum absolute atomic E-state index is 0.0576. The maximum absolute atomic E-state index is 12.6. The monoisotopic (exact) mass is 397 g/mol. The standard InChI is InChI=1S/C14H15N5O5S2/c1-2-24-18-11(6-5-25-14(15)16-6)12(21)17-8-3-7(13(22)23)19-9(20)4-10(19)26-8/h3,5,8,10H,2,4H2,1H3,(H2,15,16)(H,17,21)(H,22,23)/t8?,10-/m1/s1. The zero-order valence-corrected chi connectivity index (χ0v) is 15.2. The molecule has 4 N–H and O–H groups in total. The van der Waals surface area contributed by atoms with Gasteiger partial charge >= 0.3 is 5.97 Å². The summed E-state index contributed by atoms with van der Waals surface area (Å²) in [6, 6.07) is 0. The predicted molar refractivity (Wildman–Crippen MR) is 95.2 cm³/mol. The number of carboxylic acid groups (broad SMARTS) is 1. The maximum atomic E-state index is 12.6. The van der Waals surface area contributed by atoms with Gasteiger partial charge in [-0.1, -0.05) is 5.16 Å². The van der Waals surface area contributed by atoms with Crippen LogP contribution in [0.3, 0.4) is 0 Å². The second-order valence-electron chi connectivity index (χ2n) is 5.24. The van der Waals surface area contributed by atoms with Crippen molar-refractivity contribution in [3.8, 4) is 0 Å². The average Bonchev–Trinajstić information content (AvgIpc) is 2.99. The minimum atomic E-state index is -1.22. The van der Waals surface area contributed by atoms with Crippen molar-refractivity contribution in [1.29, 1.82) is 0 Å². The highest BCUT2D eigenvalue weighted by atomic mass is 32.2. The van der Waals surface area contributed by atoms with E-state index in [1.165, 1.54) is 22.7 Å². The van der Waals surface area contributed by atoms with Crippen LogP contribution < -0.4 is 11.1 Å². The fourth-order valence-electron chi connectivity index (χ4n) is 2.40. The number of aliphatic carboxylic acids is 1. The topological polar surface area (TPSA) is 147 Å². The molecule has 0 saturated carbocycles. The van der Waals surface area contributed by atoms with E-state index in [4.69, 9.17) is 10.6 Å². The number of nitrogen functional groups attached to an aromatic ring is 1. The molecule has 1 saturated heterocycles. The molecular weight excluding hydrogens is 382 g/mol. The van der Waals surface area contributed by atoms with Gasteiger partial charge in [0.2, 0.25) is 5.91 Å². The van der Waals surface area contributed by atoms with E-state index in [9.17, 15) is 19.5 Å². The Morgan fingerprint density at radius 1 is 1.58 bits per heavy atom. The molecule has 26 heavy (non-hydrogen) atoms. The van der Waals surface area contributed by atoms with Crippen molar-refractivity contribution in [2.75, 3.05) is 12.3 Å². The summed E-state index contributed by atoms with van der Waals surface area (Å²) in [5, 5.41) is 16.7. The van der Waals surface area contributed by atoms with Crippen LogP contribution in [-0.4, -0.2) is 55.8 Å². The number of nitrogens with one attached hydrogen (secondary N) is 1. The van der Waals surface area contributed by atoms with Gasteiger partial charge in [-0.05, 0) is 13.0 Å². The van der Waals surface area contributed by atoms with Crippen LogP contribution in [0.1, 0.15) is 19.0 Å². The van der Waals surface area contributed by atoms with Crippen LogP contribution in [0.5, 0.6) is 0 Å². The number of carboxylic acids is 1. The molecule has 2 aliphatic heterocycles. The van der Waals surface area contributed by atoms with Crippen LogP contribution in [0.15, 0.2) is 22.3 Å². The average molecular weight is 397 g/mol. The Balaban J connectivity index is 1.80. The van der Waals surface area contributed by atoms with Gasteiger partial charge < -0.3 is 21.0 Å². The third-order valence-corrected chi connectivity index (χ3v) is 5.45. The van der Waals surface area contributed by atoms with Crippen molar-refractivity contribution in [3.05, 3.63) is 22.8 Å². The van der Waals surface area contributed by atoms with Gasteiger partial charge in [-0.3, -0.25) is 14.5 Å². The predicted octanol–water partition coefficient (Wildman–Crippen LogP) is 0.182. The Labute approximate surface area is 156 Å². The number of anilines is 1. The molecule has 0 aliphatic carbocycles. The smallest absolute Gasteiger partial charge is 0.352 e. The van der Waals surface area contributed by atoms with Gasteiger partial charge in [-0.15, -0.1) is 23.1 Å². The molecule has 3 heterocycles. The Kier molecular flexibility index (Phi) is 5.13. The Bertz CT molecular complexity index is 820. The molecule has 1 unspecified atom stereocenters. The summed E-state index contributed by atoms with van der Waals surface area (Å²) in [4.78, 5) is 45.8. The zero-order valence-electron chi connectivity index (χ0n) is 13.5. The van der Waals surface area contributed by atoms with Gasteiger partial charge in [0.1, 0.15) is 18.0 Å². The van der Waals surface area contributed by atoms with E-state index in [1.807, 2.05) is 0 Å². The van der Waals surface area contributed by atoms with Crippen LogP contribution in [0, 0.1) is 0 Å². The molecule has 1 aromatic heterocycles. The first kappa shape index (κ1) is 18.2. The summed E-state index contributed by atoms with van der Waals surface area (Å²) in [5.41, 5.74) is 5.66. The van der Waals surface area contributed by atoms with E-state index in [2.05, 4.69) is 15.5 Å².